The summed E-state index contributed by atoms with van der Waals surface area (Å²) in [6, 6.07) is 23.4. The molecule has 0 aliphatic carbocycles. The zero-order valence-electron chi connectivity index (χ0n) is 17.3. The summed E-state index contributed by atoms with van der Waals surface area (Å²) in [5, 5.41) is 7.02. The normalized spacial score (nSPS) is 15.2. The van der Waals surface area contributed by atoms with Crippen LogP contribution in [0.25, 0.3) is 22.2 Å². The van der Waals surface area contributed by atoms with E-state index in [2.05, 4.69) is 32.6 Å². The average molecular weight is 426 g/mol. The molecule has 4 aromatic rings. The molecule has 0 bridgehead atoms. The number of nitrogens with zero attached hydrogens (tertiary/aromatic N) is 2. The average Bonchev–Trinajstić information content (AvgIpc) is 3.51. The number of H-pyrrole nitrogens is 1. The van der Waals surface area contributed by atoms with Gasteiger partial charge in [0.1, 0.15) is 12.4 Å². The summed E-state index contributed by atoms with van der Waals surface area (Å²) in [5.41, 5.74) is 5.13. The lowest BCUT2D eigenvalue weighted by Gasteiger charge is -2.14. The summed E-state index contributed by atoms with van der Waals surface area (Å²) in [6.45, 7) is 0.704. The van der Waals surface area contributed by atoms with Gasteiger partial charge in [-0.2, -0.15) is 0 Å². The summed E-state index contributed by atoms with van der Waals surface area (Å²) in [6.07, 6.45) is 2.02. The lowest BCUT2D eigenvalue weighted by atomic mass is 10.0. The molecule has 5 rings (SSSR count). The van der Waals surface area contributed by atoms with Crippen molar-refractivity contribution in [2.75, 3.05) is 13.2 Å². The third-order valence-electron chi connectivity index (χ3n) is 5.33. The maximum absolute atomic E-state index is 12.5. The Balaban J connectivity index is 1.13. The van der Waals surface area contributed by atoms with Crippen molar-refractivity contribution in [2.45, 2.75) is 12.5 Å². The number of carbonyl (C=O) groups is 1. The van der Waals surface area contributed by atoms with Gasteiger partial charge in [0, 0.05) is 17.5 Å². The summed E-state index contributed by atoms with van der Waals surface area (Å²) >= 11 is 0. The summed E-state index contributed by atoms with van der Waals surface area (Å²) in [5.74, 6) is 0.631. The Bertz CT molecular complexity index is 1270. The van der Waals surface area contributed by atoms with Gasteiger partial charge < -0.3 is 19.9 Å². The summed E-state index contributed by atoms with van der Waals surface area (Å²) in [7, 11) is 0. The topological polar surface area (TPSA) is 88.6 Å². The highest BCUT2D eigenvalue weighted by Crippen LogP contribution is 2.30. The van der Waals surface area contributed by atoms with E-state index in [4.69, 9.17) is 9.57 Å². The molecule has 0 radical (unpaired) electrons. The SMILES string of the molecule is O=C(NCC1=NOC(COc2ccccc2-c2ccccc2)C1)c1ccc2[nH]cnc2c1. The fraction of sp³-hybridized carbons (Fsp3) is 0.160. The van der Waals surface area contributed by atoms with Gasteiger partial charge in [0.25, 0.3) is 5.91 Å². The maximum Gasteiger partial charge on any atom is 0.251 e. The van der Waals surface area contributed by atoms with Gasteiger partial charge in [0.05, 0.1) is 29.6 Å². The number of ether oxygens (including phenoxy) is 1. The molecule has 2 heterocycles. The van der Waals surface area contributed by atoms with E-state index in [-0.39, 0.29) is 12.0 Å². The largest absolute Gasteiger partial charge is 0.489 e. The van der Waals surface area contributed by atoms with Crippen molar-refractivity contribution >= 4 is 22.7 Å². The quantitative estimate of drug-likeness (QED) is 0.464. The number of rotatable bonds is 7. The molecule has 0 saturated carbocycles. The first-order valence-corrected chi connectivity index (χ1v) is 10.5. The number of nitrogens with one attached hydrogen (secondary N) is 2. The fourth-order valence-corrected chi connectivity index (χ4v) is 3.67. The molecular formula is C25H22N4O3. The van der Waals surface area contributed by atoms with Gasteiger partial charge in [-0.05, 0) is 29.8 Å². The van der Waals surface area contributed by atoms with Crippen LogP contribution in [0.3, 0.4) is 0 Å². The Morgan fingerprint density at radius 1 is 1.09 bits per heavy atom. The second-order valence-electron chi connectivity index (χ2n) is 7.58. The molecule has 1 amide bonds. The van der Waals surface area contributed by atoms with Crippen LogP contribution >= 0.6 is 0 Å². The molecule has 0 spiro atoms. The summed E-state index contributed by atoms with van der Waals surface area (Å²) < 4.78 is 6.06. The number of aromatic nitrogens is 2. The van der Waals surface area contributed by atoms with Crippen molar-refractivity contribution in [1.29, 1.82) is 0 Å². The van der Waals surface area contributed by atoms with Gasteiger partial charge in [-0.25, -0.2) is 4.98 Å². The van der Waals surface area contributed by atoms with Crippen molar-refractivity contribution in [3.63, 3.8) is 0 Å². The predicted octanol–water partition coefficient (Wildman–Crippen LogP) is 4.18. The number of benzene rings is 3. The number of imidazole rings is 1. The van der Waals surface area contributed by atoms with Gasteiger partial charge in [0.2, 0.25) is 0 Å². The molecule has 7 nitrogen and oxygen atoms in total. The summed E-state index contributed by atoms with van der Waals surface area (Å²) in [4.78, 5) is 25.2. The monoisotopic (exact) mass is 426 g/mol. The number of oxime groups is 1. The minimum absolute atomic E-state index is 0.172. The van der Waals surface area contributed by atoms with E-state index in [1.807, 2.05) is 48.5 Å². The van der Waals surface area contributed by atoms with E-state index in [0.717, 1.165) is 33.6 Å². The third-order valence-corrected chi connectivity index (χ3v) is 5.33. The van der Waals surface area contributed by atoms with Crippen LogP contribution in [0, 0.1) is 0 Å². The van der Waals surface area contributed by atoms with E-state index in [1.54, 1.807) is 18.5 Å². The molecule has 1 aliphatic heterocycles. The number of amides is 1. The van der Waals surface area contributed by atoms with Crippen LogP contribution in [0.5, 0.6) is 5.75 Å². The van der Waals surface area contributed by atoms with Crippen LogP contribution in [-0.2, 0) is 4.84 Å². The predicted molar refractivity (Wildman–Crippen MR) is 123 cm³/mol. The van der Waals surface area contributed by atoms with E-state index in [9.17, 15) is 4.79 Å². The van der Waals surface area contributed by atoms with Crippen molar-refractivity contribution in [3.05, 3.63) is 84.7 Å². The standard InChI is InChI=1S/C25H22N4O3/c30-25(18-10-11-22-23(12-18)28-16-27-22)26-14-19-13-20(32-29-19)15-31-24-9-5-4-8-21(24)17-6-2-1-3-7-17/h1-12,16,20H,13-15H2,(H,26,30)(H,27,28). The second kappa shape index (κ2) is 8.93. The Kier molecular flexibility index (Phi) is 5.53. The second-order valence-corrected chi connectivity index (χ2v) is 7.58. The number of para-hydroxylation sites is 1. The number of carbonyl (C=O) groups excluding carboxylic acids is 1. The Morgan fingerprint density at radius 3 is 2.84 bits per heavy atom. The highest BCUT2D eigenvalue weighted by atomic mass is 16.7. The molecular weight excluding hydrogens is 404 g/mol. The maximum atomic E-state index is 12.5. The highest BCUT2D eigenvalue weighted by Gasteiger charge is 2.23. The number of hydrogen-bond donors (Lipinski definition) is 2. The van der Waals surface area contributed by atoms with Crippen LogP contribution in [-0.4, -0.2) is 40.8 Å². The van der Waals surface area contributed by atoms with E-state index in [0.29, 0.717) is 25.1 Å². The smallest absolute Gasteiger partial charge is 0.251 e. The lowest BCUT2D eigenvalue weighted by Crippen LogP contribution is -2.30. The van der Waals surface area contributed by atoms with Gasteiger partial charge in [0.15, 0.2) is 6.10 Å². The zero-order chi connectivity index (χ0) is 21.8. The van der Waals surface area contributed by atoms with Crippen molar-refractivity contribution < 1.29 is 14.4 Å². The zero-order valence-corrected chi connectivity index (χ0v) is 17.3. The first-order chi connectivity index (χ1) is 15.8. The molecule has 1 aliphatic rings. The van der Waals surface area contributed by atoms with Gasteiger partial charge in [-0.3, -0.25) is 4.79 Å². The first kappa shape index (κ1) is 19.8. The molecule has 1 aromatic heterocycles. The lowest BCUT2D eigenvalue weighted by molar-refractivity contribution is 0.0472. The van der Waals surface area contributed by atoms with E-state index >= 15 is 0 Å². The van der Waals surface area contributed by atoms with E-state index in [1.165, 1.54) is 0 Å². The molecule has 160 valence electrons. The molecule has 1 unspecified atom stereocenters. The van der Waals surface area contributed by atoms with Crippen molar-refractivity contribution in [1.82, 2.24) is 15.3 Å². The fourth-order valence-electron chi connectivity index (χ4n) is 3.67. The van der Waals surface area contributed by atoms with Crippen LogP contribution in [0.1, 0.15) is 16.8 Å². The minimum atomic E-state index is -0.189. The molecule has 0 saturated heterocycles. The van der Waals surface area contributed by atoms with E-state index < -0.39 is 0 Å². The van der Waals surface area contributed by atoms with Crippen LogP contribution in [0.2, 0.25) is 0 Å². The van der Waals surface area contributed by atoms with Gasteiger partial charge in [-0.1, -0.05) is 53.7 Å². The number of hydrogen-bond acceptors (Lipinski definition) is 5. The molecule has 1 atom stereocenters. The van der Waals surface area contributed by atoms with Crippen molar-refractivity contribution in [2.24, 2.45) is 5.16 Å². The van der Waals surface area contributed by atoms with Crippen molar-refractivity contribution in [3.8, 4) is 16.9 Å². The molecule has 32 heavy (non-hydrogen) atoms. The Hall–Kier alpha value is -4.13. The molecule has 3 aromatic carbocycles. The Labute approximate surface area is 185 Å². The molecule has 7 heteroatoms. The minimum Gasteiger partial charge on any atom is -0.489 e. The highest BCUT2D eigenvalue weighted by molar-refractivity contribution is 6.00. The van der Waals surface area contributed by atoms with Crippen LogP contribution in [0.15, 0.2) is 84.3 Å². The number of aromatic amines is 1. The third kappa shape index (κ3) is 4.32. The van der Waals surface area contributed by atoms with Crippen LogP contribution < -0.4 is 10.1 Å². The first-order valence-electron chi connectivity index (χ1n) is 10.5. The molecule has 0 fully saturated rings. The number of fused-ring (bicyclic) bond motifs is 1. The Morgan fingerprint density at radius 2 is 1.94 bits per heavy atom. The van der Waals surface area contributed by atoms with Gasteiger partial charge >= 0.3 is 0 Å². The van der Waals surface area contributed by atoms with Crippen LogP contribution in [0.4, 0.5) is 0 Å². The van der Waals surface area contributed by atoms with Gasteiger partial charge in [-0.15, -0.1) is 0 Å². The molecule has 2 N–H and O–H groups in total.